The summed E-state index contributed by atoms with van der Waals surface area (Å²) in [5.74, 6) is 0.662. The van der Waals surface area contributed by atoms with E-state index in [1.54, 1.807) is 25.2 Å². The van der Waals surface area contributed by atoms with Gasteiger partial charge in [-0.25, -0.2) is 0 Å². The molecule has 0 bridgehead atoms. The smallest absolute Gasteiger partial charge is 0.239 e. The monoisotopic (exact) mass is 248 g/mol. The summed E-state index contributed by atoms with van der Waals surface area (Å²) in [5, 5.41) is 2.59. The number of nitrogens with one attached hydrogen (secondary N) is 1. The molecule has 1 amide bonds. The van der Waals surface area contributed by atoms with E-state index in [0.29, 0.717) is 18.7 Å². The minimum atomic E-state index is -0.0592. The topological polar surface area (TPSA) is 58.6 Å². The molecule has 0 saturated heterocycles. The molecular weight excluding hydrogens is 232 g/mol. The lowest BCUT2D eigenvalue weighted by Gasteiger charge is -2.30. The maximum Gasteiger partial charge on any atom is 0.239 e. The normalized spacial score (nSPS) is 13.6. The highest BCUT2D eigenvalue weighted by Gasteiger charge is 2.20. The number of Topliss-reactive ketones (excluding diaryl/α,β-unsaturated/α-hetero) is 1. The van der Waals surface area contributed by atoms with Crippen molar-refractivity contribution in [3.8, 4) is 5.75 Å². The van der Waals surface area contributed by atoms with Crippen molar-refractivity contribution in [1.29, 1.82) is 0 Å². The van der Waals surface area contributed by atoms with E-state index in [1.807, 2.05) is 4.90 Å². The fourth-order valence-corrected chi connectivity index (χ4v) is 1.91. The third kappa shape index (κ3) is 2.45. The zero-order chi connectivity index (χ0) is 13.1. The summed E-state index contributed by atoms with van der Waals surface area (Å²) < 4.78 is 5.52. The Morgan fingerprint density at radius 2 is 2.22 bits per heavy atom. The van der Waals surface area contributed by atoms with E-state index in [1.165, 1.54) is 6.92 Å². The van der Waals surface area contributed by atoms with Gasteiger partial charge in [0.15, 0.2) is 5.78 Å². The van der Waals surface area contributed by atoms with Crippen molar-refractivity contribution in [3.63, 3.8) is 0 Å². The number of hydrogen-bond donors (Lipinski definition) is 1. The Morgan fingerprint density at radius 3 is 2.89 bits per heavy atom. The van der Waals surface area contributed by atoms with Gasteiger partial charge in [0.05, 0.1) is 18.8 Å². The van der Waals surface area contributed by atoms with Gasteiger partial charge in [-0.1, -0.05) is 0 Å². The number of ether oxygens (including phenoxy) is 1. The van der Waals surface area contributed by atoms with E-state index in [0.717, 1.165) is 11.4 Å². The van der Waals surface area contributed by atoms with Crippen molar-refractivity contribution in [3.05, 3.63) is 23.8 Å². The van der Waals surface area contributed by atoms with E-state index >= 15 is 0 Å². The Kier molecular flexibility index (Phi) is 3.50. The molecule has 0 unspecified atom stereocenters. The van der Waals surface area contributed by atoms with E-state index in [4.69, 9.17) is 4.74 Å². The zero-order valence-corrected chi connectivity index (χ0v) is 10.5. The molecule has 5 heteroatoms. The molecule has 0 spiro atoms. The van der Waals surface area contributed by atoms with Crippen LogP contribution in [0.25, 0.3) is 0 Å². The Hall–Kier alpha value is -2.04. The molecule has 0 saturated carbocycles. The molecular formula is C13H16N2O3. The van der Waals surface area contributed by atoms with E-state index < -0.39 is 0 Å². The summed E-state index contributed by atoms with van der Waals surface area (Å²) in [7, 11) is 1.61. The minimum absolute atomic E-state index is 0.00302. The lowest BCUT2D eigenvalue weighted by molar-refractivity contribution is -0.119. The van der Waals surface area contributed by atoms with Crippen LogP contribution in [0.2, 0.25) is 0 Å². The number of fused-ring (bicyclic) bond motifs is 1. The van der Waals surface area contributed by atoms with E-state index in [9.17, 15) is 9.59 Å². The van der Waals surface area contributed by atoms with Crippen LogP contribution in [0, 0.1) is 0 Å². The number of anilines is 1. The first kappa shape index (κ1) is 12.4. The van der Waals surface area contributed by atoms with Crippen LogP contribution in [0.1, 0.15) is 17.3 Å². The second kappa shape index (κ2) is 5.08. The molecule has 1 heterocycles. The van der Waals surface area contributed by atoms with Gasteiger partial charge >= 0.3 is 0 Å². The third-order valence-electron chi connectivity index (χ3n) is 2.94. The Morgan fingerprint density at radius 1 is 1.44 bits per heavy atom. The standard InChI is InChI=1S/C13H16N2O3/c1-9(16)10-3-4-12-11(7-10)15(5-6-18-12)8-13(17)14-2/h3-4,7H,5-6,8H2,1-2H3,(H,14,17). The average Bonchev–Trinajstić information content (AvgIpc) is 2.38. The number of ketones is 1. The first-order chi connectivity index (χ1) is 8.61. The van der Waals surface area contributed by atoms with Crippen LogP contribution in [0.3, 0.4) is 0 Å². The van der Waals surface area contributed by atoms with Gasteiger partial charge in [-0.15, -0.1) is 0 Å². The zero-order valence-electron chi connectivity index (χ0n) is 10.5. The molecule has 2 rings (SSSR count). The van der Waals surface area contributed by atoms with Crippen molar-refractivity contribution in [1.82, 2.24) is 5.32 Å². The van der Waals surface area contributed by atoms with Gasteiger partial charge in [0.25, 0.3) is 0 Å². The molecule has 0 radical (unpaired) electrons. The average molecular weight is 248 g/mol. The van der Waals surface area contributed by atoms with Crippen molar-refractivity contribution in [2.24, 2.45) is 0 Å². The number of amides is 1. The SMILES string of the molecule is CNC(=O)CN1CCOc2ccc(C(C)=O)cc21. The van der Waals surface area contributed by atoms with Crippen LogP contribution in [0.4, 0.5) is 5.69 Å². The lowest BCUT2D eigenvalue weighted by atomic mass is 10.1. The van der Waals surface area contributed by atoms with Crippen molar-refractivity contribution in [2.75, 3.05) is 31.6 Å². The first-order valence-corrected chi connectivity index (χ1v) is 5.85. The van der Waals surface area contributed by atoms with Gasteiger partial charge in [-0.2, -0.15) is 0 Å². The van der Waals surface area contributed by atoms with Crippen molar-refractivity contribution >= 4 is 17.4 Å². The summed E-state index contributed by atoms with van der Waals surface area (Å²) in [4.78, 5) is 24.7. The highest BCUT2D eigenvalue weighted by molar-refractivity contribution is 5.95. The Labute approximate surface area is 106 Å². The number of carbonyl (C=O) groups excluding carboxylic acids is 2. The van der Waals surface area contributed by atoms with Gasteiger partial charge in [0.2, 0.25) is 5.91 Å². The highest BCUT2D eigenvalue weighted by atomic mass is 16.5. The van der Waals surface area contributed by atoms with Crippen LogP contribution < -0.4 is 15.0 Å². The van der Waals surface area contributed by atoms with Gasteiger partial charge in [-0.3, -0.25) is 9.59 Å². The summed E-state index contributed by atoms with van der Waals surface area (Å²) in [6.07, 6.45) is 0. The molecule has 18 heavy (non-hydrogen) atoms. The number of likely N-dealkylation sites (N-methyl/N-ethyl adjacent to an activating group) is 1. The predicted octanol–water partition coefficient (Wildman–Crippen LogP) is 0.834. The Bertz CT molecular complexity index is 485. The number of benzene rings is 1. The molecule has 96 valence electrons. The van der Waals surface area contributed by atoms with Crippen LogP contribution in [-0.4, -0.2) is 38.4 Å². The quantitative estimate of drug-likeness (QED) is 0.805. The predicted molar refractivity (Wildman–Crippen MR) is 68.2 cm³/mol. The summed E-state index contributed by atoms with van der Waals surface area (Å²) in [5.41, 5.74) is 1.43. The number of rotatable bonds is 3. The summed E-state index contributed by atoms with van der Waals surface area (Å²) >= 11 is 0. The maximum atomic E-state index is 11.4. The van der Waals surface area contributed by atoms with Crippen molar-refractivity contribution in [2.45, 2.75) is 6.92 Å². The molecule has 0 aliphatic carbocycles. The molecule has 1 aliphatic rings. The van der Waals surface area contributed by atoms with Crippen LogP contribution in [-0.2, 0) is 4.79 Å². The molecule has 1 N–H and O–H groups in total. The summed E-state index contributed by atoms with van der Waals surface area (Å²) in [6, 6.07) is 5.30. The van der Waals surface area contributed by atoms with Gasteiger partial charge in [0.1, 0.15) is 12.4 Å². The van der Waals surface area contributed by atoms with Crippen molar-refractivity contribution < 1.29 is 14.3 Å². The minimum Gasteiger partial charge on any atom is -0.490 e. The van der Waals surface area contributed by atoms with Gasteiger partial charge < -0.3 is 15.0 Å². The lowest BCUT2D eigenvalue weighted by Crippen LogP contribution is -2.40. The fraction of sp³-hybridized carbons (Fsp3) is 0.385. The molecule has 5 nitrogen and oxygen atoms in total. The molecule has 1 aromatic carbocycles. The Balaban J connectivity index is 2.31. The van der Waals surface area contributed by atoms with Gasteiger partial charge in [-0.05, 0) is 25.1 Å². The first-order valence-electron chi connectivity index (χ1n) is 5.85. The summed E-state index contributed by atoms with van der Waals surface area (Å²) in [6.45, 7) is 2.98. The van der Waals surface area contributed by atoms with E-state index in [2.05, 4.69) is 5.32 Å². The van der Waals surface area contributed by atoms with Gasteiger partial charge in [0, 0.05) is 12.6 Å². The number of carbonyl (C=O) groups is 2. The third-order valence-corrected chi connectivity index (χ3v) is 2.94. The second-order valence-electron chi connectivity index (χ2n) is 4.18. The molecule has 1 aromatic rings. The van der Waals surface area contributed by atoms with Crippen LogP contribution in [0.5, 0.6) is 5.75 Å². The number of hydrogen-bond acceptors (Lipinski definition) is 4. The van der Waals surface area contributed by atoms with Crippen LogP contribution in [0.15, 0.2) is 18.2 Å². The number of nitrogens with zero attached hydrogens (tertiary/aromatic N) is 1. The molecule has 1 aliphatic heterocycles. The molecule has 0 atom stereocenters. The largest absolute Gasteiger partial charge is 0.490 e. The molecule has 0 aromatic heterocycles. The highest BCUT2D eigenvalue weighted by Crippen LogP contribution is 2.32. The fourth-order valence-electron chi connectivity index (χ4n) is 1.91. The van der Waals surface area contributed by atoms with Crippen LogP contribution >= 0.6 is 0 Å². The molecule has 0 fully saturated rings. The second-order valence-corrected chi connectivity index (χ2v) is 4.18. The van der Waals surface area contributed by atoms with E-state index in [-0.39, 0.29) is 18.2 Å². The maximum absolute atomic E-state index is 11.4.